The third-order valence-corrected chi connectivity index (χ3v) is 4.70. The molecule has 1 atom stereocenters. The van der Waals surface area contributed by atoms with Gasteiger partial charge in [-0.3, -0.25) is 9.69 Å². The molecule has 2 aliphatic heterocycles. The van der Waals surface area contributed by atoms with Gasteiger partial charge in [-0.25, -0.2) is 0 Å². The zero-order valence-corrected chi connectivity index (χ0v) is 12.3. The Labute approximate surface area is 121 Å². The summed E-state index contributed by atoms with van der Waals surface area (Å²) in [5.74, 6) is 0.277. The number of aryl methyl sites for hydroxylation is 1. The molecule has 1 aromatic carbocycles. The largest absolute Gasteiger partial charge is 0.300 e. The summed E-state index contributed by atoms with van der Waals surface area (Å²) in [5, 5.41) is 0. The fourth-order valence-corrected chi connectivity index (χ4v) is 3.40. The highest BCUT2D eigenvalue weighted by Gasteiger charge is 2.30. The third kappa shape index (κ3) is 3.10. The molecule has 108 valence electrons. The number of nitrogens with zero attached hydrogens (tertiary/aromatic N) is 2. The summed E-state index contributed by atoms with van der Waals surface area (Å²) in [5.41, 5.74) is 2.06. The van der Waals surface area contributed by atoms with Crippen LogP contribution in [0.4, 0.5) is 0 Å². The van der Waals surface area contributed by atoms with Crippen LogP contribution in [0.1, 0.15) is 35.2 Å². The van der Waals surface area contributed by atoms with Gasteiger partial charge in [-0.15, -0.1) is 0 Å². The normalized spacial score (nSPS) is 23.8. The molecule has 1 unspecified atom stereocenters. The van der Waals surface area contributed by atoms with Gasteiger partial charge in [0.25, 0.3) is 0 Å². The highest BCUT2D eigenvalue weighted by atomic mass is 16.1. The van der Waals surface area contributed by atoms with Crippen molar-refractivity contribution in [1.82, 2.24) is 9.80 Å². The molecule has 20 heavy (non-hydrogen) atoms. The summed E-state index contributed by atoms with van der Waals surface area (Å²) < 4.78 is 0. The maximum atomic E-state index is 12.2. The molecule has 2 heterocycles. The second-order valence-electron chi connectivity index (χ2n) is 6.17. The Morgan fingerprint density at radius 2 is 2.00 bits per heavy atom. The van der Waals surface area contributed by atoms with Crippen molar-refractivity contribution in [2.75, 3.05) is 32.7 Å². The molecule has 2 fully saturated rings. The number of carbonyl (C=O) groups is 1. The molecule has 0 saturated carbocycles. The van der Waals surface area contributed by atoms with Gasteiger partial charge in [0.15, 0.2) is 5.78 Å². The van der Waals surface area contributed by atoms with E-state index in [0.29, 0.717) is 6.42 Å². The first kappa shape index (κ1) is 13.8. The van der Waals surface area contributed by atoms with Gasteiger partial charge >= 0.3 is 0 Å². The lowest BCUT2D eigenvalue weighted by Crippen LogP contribution is -2.50. The number of rotatable bonds is 4. The van der Waals surface area contributed by atoms with Crippen LogP contribution in [0, 0.1) is 6.92 Å². The van der Waals surface area contributed by atoms with Gasteiger partial charge < -0.3 is 4.90 Å². The fraction of sp³-hybridized carbons (Fsp3) is 0.588. The molecule has 0 amide bonds. The first-order valence-corrected chi connectivity index (χ1v) is 7.78. The fourth-order valence-electron chi connectivity index (χ4n) is 3.40. The summed E-state index contributed by atoms with van der Waals surface area (Å²) in [7, 11) is 0. The van der Waals surface area contributed by atoms with Gasteiger partial charge in [0.05, 0.1) is 0 Å². The molecule has 2 saturated heterocycles. The van der Waals surface area contributed by atoms with E-state index in [1.807, 2.05) is 24.3 Å². The van der Waals surface area contributed by atoms with Gasteiger partial charge in [-0.1, -0.05) is 29.8 Å². The van der Waals surface area contributed by atoms with E-state index in [4.69, 9.17) is 0 Å². The number of carbonyl (C=O) groups excluding carboxylic acids is 1. The van der Waals surface area contributed by atoms with Crippen molar-refractivity contribution in [2.45, 2.75) is 32.2 Å². The number of Topliss-reactive ketones (excluding diaryl/α,β-unsaturated/α-hetero) is 1. The Hall–Kier alpha value is -1.19. The number of benzene rings is 1. The van der Waals surface area contributed by atoms with Crippen molar-refractivity contribution >= 4 is 5.78 Å². The summed E-state index contributed by atoms with van der Waals surface area (Å²) in [6.07, 6.45) is 3.33. The van der Waals surface area contributed by atoms with Crippen LogP contribution in [0.15, 0.2) is 24.3 Å². The van der Waals surface area contributed by atoms with Gasteiger partial charge in [0, 0.05) is 44.2 Å². The van der Waals surface area contributed by atoms with Crippen LogP contribution in [-0.2, 0) is 0 Å². The number of piperazine rings is 1. The summed E-state index contributed by atoms with van der Waals surface area (Å²) >= 11 is 0. The van der Waals surface area contributed by atoms with E-state index in [-0.39, 0.29) is 5.78 Å². The summed E-state index contributed by atoms with van der Waals surface area (Å²) in [4.78, 5) is 17.3. The molecule has 0 bridgehead atoms. The molecule has 3 rings (SSSR count). The Kier molecular flexibility index (Phi) is 4.18. The Morgan fingerprint density at radius 3 is 2.80 bits per heavy atom. The topological polar surface area (TPSA) is 23.6 Å². The van der Waals surface area contributed by atoms with Gasteiger partial charge in [0.1, 0.15) is 0 Å². The lowest BCUT2D eigenvalue weighted by molar-refractivity contribution is 0.0871. The molecule has 1 aromatic rings. The predicted octanol–water partition coefficient (Wildman–Crippen LogP) is 2.35. The predicted molar refractivity (Wildman–Crippen MR) is 81.2 cm³/mol. The van der Waals surface area contributed by atoms with E-state index in [0.717, 1.165) is 31.2 Å². The Morgan fingerprint density at radius 1 is 1.20 bits per heavy atom. The highest BCUT2D eigenvalue weighted by molar-refractivity contribution is 5.96. The molecular weight excluding hydrogens is 248 g/mol. The second-order valence-corrected chi connectivity index (χ2v) is 6.17. The van der Waals surface area contributed by atoms with E-state index in [1.165, 1.54) is 31.5 Å². The Bertz CT molecular complexity index is 468. The number of ketones is 1. The maximum absolute atomic E-state index is 12.2. The molecule has 0 aromatic heterocycles. The monoisotopic (exact) mass is 272 g/mol. The van der Waals surface area contributed by atoms with E-state index in [9.17, 15) is 4.79 Å². The molecule has 0 N–H and O–H groups in total. The van der Waals surface area contributed by atoms with E-state index < -0.39 is 0 Å². The van der Waals surface area contributed by atoms with E-state index in [2.05, 4.69) is 16.7 Å². The smallest absolute Gasteiger partial charge is 0.164 e. The van der Waals surface area contributed by atoms with Crippen LogP contribution in [0.5, 0.6) is 0 Å². The van der Waals surface area contributed by atoms with Crippen molar-refractivity contribution in [2.24, 2.45) is 0 Å². The van der Waals surface area contributed by atoms with Crippen molar-refractivity contribution in [3.05, 3.63) is 35.4 Å². The average molecular weight is 272 g/mol. The van der Waals surface area contributed by atoms with Crippen molar-refractivity contribution in [3.63, 3.8) is 0 Å². The first-order valence-electron chi connectivity index (χ1n) is 7.78. The summed E-state index contributed by atoms with van der Waals surface area (Å²) in [6, 6.07) is 8.69. The van der Waals surface area contributed by atoms with Crippen molar-refractivity contribution < 1.29 is 4.79 Å². The molecule has 3 nitrogen and oxygen atoms in total. The molecule has 0 radical (unpaired) electrons. The zero-order chi connectivity index (χ0) is 13.9. The molecule has 3 heteroatoms. The number of hydrogen-bond donors (Lipinski definition) is 0. The first-order chi connectivity index (χ1) is 9.72. The molecular formula is C17H24N2O. The zero-order valence-electron chi connectivity index (χ0n) is 12.3. The van der Waals surface area contributed by atoms with Crippen LogP contribution in [0.2, 0.25) is 0 Å². The standard InChI is InChI=1S/C17H24N2O/c1-14-4-6-15(7-5-14)17(20)8-10-18-11-12-19-9-2-3-16(19)13-18/h4-7,16H,2-3,8-13H2,1H3. The Balaban J connectivity index is 1.49. The minimum Gasteiger partial charge on any atom is -0.300 e. The van der Waals surface area contributed by atoms with Crippen LogP contribution in [-0.4, -0.2) is 54.3 Å². The number of hydrogen-bond acceptors (Lipinski definition) is 3. The minimum absolute atomic E-state index is 0.277. The summed E-state index contributed by atoms with van der Waals surface area (Å²) in [6.45, 7) is 7.70. The van der Waals surface area contributed by atoms with E-state index >= 15 is 0 Å². The maximum Gasteiger partial charge on any atom is 0.164 e. The van der Waals surface area contributed by atoms with Crippen LogP contribution in [0.25, 0.3) is 0 Å². The second kappa shape index (κ2) is 6.06. The lowest BCUT2D eigenvalue weighted by atomic mass is 10.1. The van der Waals surface area contributed by atoms with Crippen LogP contribution in [0.3, 0.4) is 0 Å². The van der Waals surface area contributed by atoms with Crippen molar-refractivity contribution in [3.8, 4) is 0 Å². The lowest BCUT2D eigenvalue weighted by Gasteiger charge is -2.37. The van der Waals surface area contributed by atoms with Gasteiger partial charge in [-0.05, 0) is 26.3 Å². The quantitative estimate of drug-likeness (QED) is 0.786. The highest BCUT2D eigenvalue weighted by Crippen LogP contribution is 2.21. The average Bonchev–Trinajstić information content (AvgIpc) is 2.93. The van der Waals surface area contributed by atoms with Crippen LogP contribution < -0.4 is 0 Å². The third-order valence-electron chi connectivity index (χ3n) is 4.70. The van der Waals surface area contributed by atoms with Crippen LogP contribution >= 0.6 is 0 Å². The van der Waals surface area contributed by atoms with E-state index in [1.54, 1.807) is 0 Å². The molecule has 2 aliphatic rings. The molecule has 0 spiro atoms. The van der Waals surface area contributed by atoms with Crippen molar-refractivity contribution in [1.29, 1.82) is 0 Å². The molecule has 0 aliphatic carbocycles. The minimum atomic E-state index is 0.277. The van der Waals surface area contributed by atoms with Gasteiger partial charge in [0.2, 0.25) is 0 Å². The SMILES string of the molecule is Cc1ccc(C(=O)CCN2CCN3CCCC3C2)cc1. The van der Waals surface area contributed by atoms with Gasteiger partial charge in [-0.2, -0.15) is 0 Å². The number of fused-ring (bicyclic) bond motifs is 1.